The molecular formula is C26H26N4O2. The van der Waals surface area contributed by atoms with E-state index in [1.165, 1.54) is 11.1 Å². The largest absolute Gasteiger partial charge is 0.387 e. The Morgan fingerprint density at radius 2 is 1.75 bits per heavy atom. The summed E-state index contributed by atoms with van der Waals surface area (Å²) in [5.41, 5.74) is 3.89. The quantitative estimate of drug-likeness (QED) is 0.653. The summed E-state index contributed by atoms with van der Waals surface area (Å²) in [7, 11) is 0. The maximum absolute atomic E-state index is 12.4. The van der Waals surface area contributed by atoms with E-state index >= 15 is 0 Å². The fraction of sp³-hybridized carbons (Fsp3) is 0.269. The van der Waals surface area contributed by atoms with E-state index in [1.54, 1.807) is 6.07 Å². The second-order valence-corrected chi connectivity index (χ2v) is 8.48. The van der Waals surface area contributed by atoms with Crippen molar-refractivity contribution in [2.75, 3.05) is 24.5 Å². The number of fused-ring (bicyclic) bond motifs is 2. The third-order valence-corrected chi connectivity index (χ3v) is 6.58. The Labute approximate surface area is 187 Å². The van der Waals surface area contributed by atoms with Gasteiger partial charge in [0.15, 0.2) is 11.5 Å². The van der Waals surface area contributed by atoms with E-state index < -0.39 is 6.10 Å². The fourth-order valence-corrected chi connectivity index (χ4v) is 4.69. The van der Waals surface area contributed by atoms with Gasteiger partial charge < -0.3 is 15.3 Å². The lowest BCUT2D eigenvalue weighted by Gasteiger charge is -2.39. The Kier molecular flexibility index (Phi) is 5.45. The SMILES string of the molecule is O=C(NCC(O)c1ccccc1)c1ccc(N2CCC3(C=Cc4ccccc43)CC2)nn1. The first-order valence-corrected chi connectivity index (χ1v) is 11.0. The molecule has 6 heteroatoms. The van der Waals surface area contributed by atoms with Gasteiger partial charge in [-0.05, 0) is 41.7 Å². The number of aromatic nitrogens is 2. The van der Waals surface area contributed by atoms with Crippen LogP contribution in [0.2, 0.25) is 0 Å². The van der Waals surface area contributed by atoms with Gasteiger partial charge in [-0.15, -0.1) is 10.2 Å². The summed E-state index contributed by atoms with van der Waals surface area (Å²) in [6.45, 7) is 1.90. The molecule has 162 valence electrons. The van der Waals surface area contributed by atoms with Crippen LogP contribution >= 0.6 is 0 Å². The fourth-order valence-electron chi connectivity index (χ4n) is 4.69. The number of nitrogens with zero attached hydrogens (tertiary/aromatic N) is 3. The summed E-state index contributed by atoms with van der Waals surface area (Å²) >= 11 is 0. The Bertz CT molecular complexity index is 1120. The lowest BCUT2D eigenvalue weighted by Crippen LogP contribution is -2.41. The number of carbonyl (C=O) groups is 1. The molecule has 0 radical (unpaired) electrons. The van der Waals surface area contributed by atoms with Crippen molar-refractivity contribution in [1.82, 2.24) is 15.5 Å². The minimum atomic E-state index is -0.761. The van der Waals surface area contributed by atoms with Crippen LogP contribution in [0, 0.1) is 0 Å². The molecule has 1 aliphatic carbocycles. The van der Waals surface area contributed by atoms with E-state index in [0.29, 0.717) is 0 Å². The Balaban J connectivity index is 1.18. The molecule has 1 saturated heterocycles. The first-order valence-electron chi connectivity index (χ1n) is 11.0. The molecule has 1 aliphatic heterocycles. The van der Waals surface area contributed by atoms with Gasteiger partial charge in [0.25, 0.3) is 5.91 Å². The second-order valence-electron chi connectivity index (χ2n) is 8.48. The zero-order chi connectivity index (χ0) is 22.0. The van der Waals surface area contributed by atoms with Crippen LogP contribution in [0.25, 0.3) is 6.08 Å². The molecule has 5 rings (SSSR count). The average Bonchev–Trinajstić information content (AvgIpc) is 3.21. The molecule has 32 heavy (non-hydrogen) atoms. The first kappa shape index (κ1) is 20.4. The van der Waals surface area contributed by atoms with Crippen molar-refractivity contribution < 1.29 is 9.90 Å². The van der Waals surface area contributed by atoms with Crippen molar-refractivity contribution in [1.29, 1.82) is 0 Å². The molecule has 1 spiro atoms. The number of hydrogen-bond acceptors (Lipinski definition) is 5. The maximum Gasteiger partial charge on any atom is 0.271 e. The Morgan fingerprint density at radius 3 is 2.50 bits per heavy atom. The molecule has 1 unspecified atom stereocenters. The second kappa shape index (κ2) is 8.55. The number of carbonyl (C=O) groups excluding carboxylic acids is 1. The van der Waals surface area contributed by atoms with E-state index in [1.807, 2.05) is 36.4 Å². The van der Waals surface area contributed by atoms with Crippen molar-refractivity contribution >= 4 is 17.8 Å². The summed E-state index contributed by atoms with van der Waals surface area (Å²) in [4.78, 5) is 14.6. The summed E-state index contributed by atoms with van der Waals surface area (Å²) in [6, 6.07) is 21.4. The van der Waals surface area contributed by atoms with Crippen LogP contribution in [-0.4, -0.2) is 40.8 Å². The molecule has 1 aromatic heterocycles. The van der Waals surface area contributed by atoms with Gasteiger partial charge in [0.05, 0.1) is 6.10 Å². The highest BCUT2D eigenvalue weighted by Crippen LogP contribution is 2.44. The molecule has 2 heterocycles. The van der Waals surface area contributed by atoms with Crippen LogP contribution in [0.5, 0.6) is 0 Å². The molecule has 0 bridgehead atoms. The van der Waals surface area contributed by atoms with Crippen molar-refractivity contribution in [2.24, 2.45) is 0 Å². The van der Waals surface area contributed by atoms with E-state index in [-0.39, 0.29) is 23.6 Å². The maximum atomic E-state index is 12.4. The molecule has 3 aromatic rings. The number of anilines is 1. The third kappa shape index (κ3) is 3.89. The van der Waals surface area contributed by atoms with E-state index in [4.69, 9.17) is 0 Å². The van der Waals surface area contributed by atoms with E-state index in [2.05, 4.69) is 56.8 Å². The minimum absolute atomic E-state index is 0.121. The lowest BCUT2D eigenvalue weighted by molar-refractivity contribution is 0.0910. The van der Waals surface area contributed by atoms with Crippen LogP contribution in [-0.2, 0) is 5.41 Å². The van der Waals surface area contributed by atoms with Crippen molar-refractivity contribution in [2.45, 2.75) is 24.4 Å². The number of piperidine rings is 1. The summed E-state index contributed by atoms with van der Waals surface area (Å²) in [5.74, 6) is 0.445. The molecule has 1 atom stereocenters. The Morgan fingerprint density at radius 1 is 1.00 bits per heavy atom. The van der Waals surface area contributed by atoms with Crippen LogP contribution in [0.4, 0.5) is 5.82 Å². The molecule has 1 fully saturated rings. The van der Waals surface area contributed by atoms with Gasteiger partial charge in [-0.25, -0.2) is 0 Å². The van der Waals surface area contributed by atoms with Crippen LogP contribution in [0.15, 0.2) is 72.8 Å². The van der Waals surface area contributed by atoms with Gasteiger partial charge in [0.1, 0.15) is 0 Å². The zero-order valence-electron chi connectivity index (χ0n) is 17.8. The summed E-state index contributed by atoms with van der Waals surface area (Å²) in [5, 5.41) is 21.4. The van der Waals surface area contributed by atoms with Gasteiger partial charge >= 0.3 is 0 Å². The lowest BCUT2D eigenvalue weighted by atomic mass is 9.74. The van der Waals surface area contributed by atoms with Crippen molar-refractivity contribution in [3.8, 4) is 0 Å². The number of hydrogen-bond donors (Lipinski definition) is 2. The van der Waals surface area contributed by atoms with Gasteiger partial charge in [-0.2, -0.15) is 0 Å². The van der Waals surface area contributed by atoms with E-state index in [0.717, 1.165) is 37.3 Å². The highest BCUT2D eigenvalue weighted by atomic mass is 16.3. The number of rotatable bonds is 5. The van der Waals surface area contributed by atoms with E-state index in [9.17, 15) is 9.90 Å². The van der Waals surface area contributed by atoms with Crippen molar-refractivity contribution in [3.63, 3.8) is 0 Å². The molecule has 2 N–H and O–H groups in total. The van der Waals surface area contributed by atoms with Gasteiger partial charge in [0, 0.05) is 25.0 Å². The molecule has 6 nitrogen and oxygen atoms in total. The zero-order valence-corrected chi connectivity index (χ0v) is 17.8. The first-order chi connectivity index (χ1) is 15.6. The smallest absolute Gasteiger partial charge is 0.271 e. The number of aliphatic hydroxyl groups excluding tert-OH is 1. The predicted octanol–water partition coefficient (Wildman–Crippen LogP) is 3.51. The number of amides is 1. The number of benzene rings is 2. The minimum Gasteiger partial charge on any atom is -0.387 e. The van der Waals surface area contributed by atoms with Gasteiger partial charge in [-0.1, -0.05) is 66.7 Å². The third-order valence-electron chi connectivity index (χ3n) is 6.58. The van der Waals surface area contributed by atoms with Crippen LogP contribution < -0.4 is 10.2 Å². The highest BCUT2D eigenvalue weighted by Gasteiger charge is 2.38. The average molecular weight is 427 g/mol. The molecule has 2 aromatic carbocycles. The molecule has 0 saturated carbocycles. The number of nitrogens with one attached hydrogen (secondary N) is 1. The molecule has 2 aliphatic rings. The number of allylic oxidation sites excluding steroid dienone is 1. The van der Waals surface area contributed by atoms with Gasteiger partial charge in [-0.3, -0.25) is 4.79 Å². The Hall–Kier alpha value is -3.51. The van der Waals surface area contributed by atoms with Gasteiger partial charge in [0.2, 0.25) is 0 Å². The summed E-state index contributed by atoms with van der Waals surface area (Å²) in [6.07, 6.45) is 5.90. The monoisotopic (exact) mass is 426 g/mol. The normalized spacial score (nSPS) is 17.2. The number of aliphatic hydroxyl groups is 1. The summed E-state index contributed by atoms with van der Waals surface area (Å²) < 4.78 is 0. The topological polar surface area (TPSA) is 78.4 Å². The molecule has 1 amide bonds. The van der Waals surface area contributed by atoms with Crippen LogP contribution in [0.1, 0.15) is 46.1 Å². The van der Waals surface area contributed by atoms with Crippen LogP contribution in [0.3, 0.4) is 0 Å². The molecular weight excluding hydrogens is 400 g/mol. The standard InChI is InChI=1S/C26H26N4O2/c31-23(20-7-2-1-3-8-20)18-27-25(32)22-10-11-24(29-28-22)30-16-14-26(15-17-30)13-12-19-6-4-5-9-21(19)26/h1-13,23,31H,14-18H2,(H,27,32). The van der Waals surface area contributed by atoms with Crippen molar-refractivity contribution in [3.05, 3.63) is 95.2 Å². The highest BCUT2D eigenvalue weighted by molar-refractivity contribution is 5.92. The predicted molar refractivity (Wildman–Crippen MR) is 124 cm³/mol.